The maximum absolute atomic E-state index is 5.34. The molecule has 0 bridgehead atoms. The molecule has 0 fully saturated rings. The van der Waals surface area contributed by atoms with E-state index in [2.05, 4.69) is 55.5 Å². The van der Waals surface area contributed by atoms with Gasteiger partial charge in [0.15, 0.2) is 0 Å². The molecule has 0 spiro atoms. The van der Waals surface area contributed by atoms with Gasteiger partial charge in [0.1, 0.15) is 12.8 Å². The van der Waals surface area contributed by atoms with E-state index in [1.54, 1.807) is 0 Å². The highest BCUT2D eigenvalue weighted by Gasteiger charge is 1.97. The van der Waals surface area contributed by atoms with Crippen molar-refractivity contribution < 1.29 is 4.84 Å². The molecule has 2 heteroatoms. The Bertz CT molecular complexity index is 575. The summed E-state index contributed by atoms with van der Waals surface area (Å²) in [6.07, 6.45) is 4.97. The fraction of sp³-hybridized carbons (Fsp3) is 0.278. The third kappa shape index (κ3) is 3.95. The van der Waals surface area contributed by atoms with Crippen molar-refractivity contribution >= 4 is 6.21 Å². The zero-order valence-electron chi connectivity index (χ0n) is 12.1. The van der Waals surface area contributed by atoms with Gasteiger partial charge in [0.25, 0.3) is 0 Å². The van der Waals surface area contributed by atoms with Crippen LogP contribution in [0.1, 0.15) is 36.1 Å². The summed E-state index contributed by atoms with van der Waals surface area (Å²) in [6, 6.07) is 16.5. The maximum atomic E-state index is 5.34. The first-order valence-corrected chi connectivity index (χ1v) is 7.07. The molecule has 0 saturated heterocycles. The highest BCUT2D eigenvalue weighted by Crippen LogP contribution is 2.09. The van der Waals surface area contributed by atoms with E-state index in [1.807, 2.05) is 18.2 Å². The molecular formula is C18H20NO. The average molecular weight is 266 g/mol. The van der Waals surface area contributed by atoms with Crippen molar-refractivity contribution in [2.45, 2.75) is 33.3 Å². The topological polar surface area (TPSA) is 21.6 Å². The predicted molar refractivity (Wildman–Crippen MR) is 83.0 cm³/mol. The number of hydrogen-bond donors (Lipinski definition) is 0. The lowest BCUT2D eigenvalue weighted by Crippen LogP contribution is -1.93. The molecule has 20 heavy (non-hydrogen) atoms. The van der Waals surface area contributed by atoms with Crippen LogP contribution in [0.5, 0.6) is 0 Å². The van der Waals surface area contributed by atoms with E-state index in [0.29, 0.717) is 6.61 Å². The summed E-state index contributed by atoms with van der Waals surface area (Å²) in [5.41, 5.74) is 4.68. The van der Waals surface area contributed by atoms with E-state index in [0.717, 1.165) is 24.0 Å². The van der Waals surface area contributed by atoms with Crippen molar-refractivity contribution in [3.05, 3.63) is 70.8 Å². The molecule has 0 aliphatic carbocycles. The minimum Gasteiger partial charge on any atom is -0.390 e. The summed E-state index contributed by atoms with van der Waals surface area (Å²) in [7, 11) is 0. The molecule has 0 heterocycles. The Morgan fingerprint density at radius 1 is 0.950 bits per heavy atom. The second kappa shape index (κ2) is 7.49. The van der Waals surface area contributed by atoms with Gasteiger partial charge in [0.2, 0.25) is 0 Å². The van der Waals surface area contributed by atoms with Gasteiger partial charge in [-0.25, -0.2) is 0 Å². The monoisotopic (exact) mass is 266 g/mol. The molecule has 0 aliphatic rings. The van der Waals surface area contributed by atoms with E-state index in [-0.39, 0.29) is 0 Å². The molecule has 0 atom stereocenters. The summed E-state index contributed by atoms with van der Waals surface area (Å²) in [4.78, 5) is 5.34. The van der Waals surface area contributed by atoms with Crippen molar-refractivity contribution in [1.82, 2.24) is 0 Å². The van der Waals surface area contributed by atoms with E-state index in [9.17, 15) is 0 Å². The Kier molecular flexibility index (Phi) is 5.36. The van der Waals surface area contributed by atoms with Crippen molar-refractivity contribution in [2.24, 2.45) is 5.16 Å². The SMILES string of the molecule is CCc1cccc(CO/N=[C]\c2ccccc2CC)c1. The van der Waals surface area contributed by atoms with Crippen molar-refractivity contribution in [3.63, 3.8) is 0 Å². The largest absolute Gasteiger partial charge is 0.390 e. The smallest absolute Gasteiger partial charge is 0.142 e. The van der Waals surface area contributed by atoms with E-state index in [1.165, 1.54) is 11.1 Å². The van der Waals surface area contributed by atoms with Crippen LogP contribution in [0.2, 0.25) is 0 Å². The third-order valence-electron chi connectivity index (χ3n) is 3.26. The molecule has 0 saturated carbocycles. The summed E-state index contributed by atoms with van der Waals surface area (Å²) in [5.74, 6) is 0. The molecule has 103 valence electrons. The van der Waals surface area contributed by atoms with Gasteiger partial charge >= 0.3 is 0 Å². The zero-order valence-corrected chi connectivity index (χ0v) is 12.1. The molecule has 2 aromatic carbocycles. The minimum atomic E-state index is 0.481. The number of benzene rings is 2. The standard InChI is InChI=1S/C18H20NO/c1-3-15-8-7-9-16(12-15)14-20-19-13-18-11-6-5-10-17(18)4-2/h5-12H,3-4,14H2,1-2H3. The van der Waals surface area contributed by atoms with Crippen LogP contribution in [-0.4, -0.2) is 6.21 Å². The van der Waals surface area contributed by atoms with Crippen LogP contribution in [0, 0.1) is 0 Å². The van der Waals surface area contributed by atoms with Gasteiger partial charge < -0.3 is 4.84 Å². The molecule has 0 N–H and O–H groups in total. The van der Waals surface area contributed by atoms with Crippen molar-refractivity contribution in [2.75, 3.05) is 0 Å². The third-order valence-corrected chi connectivity index (χ3v) is 3.26. The number of nitrogens with zero attached hydrogens (tertiary/aromatic N) is 1. The van der Waals surface area contributed by atoms with Gasteiger partial charge in [-0.3, -0.25) is 0 Å². The molecule has 2 aromatic rings. The fourth-order valence-corrected chi connectivity index (χ4v) is 2.07. The van der Waals surface area contributed by atoms with Gasteiger partial charge in [0.05, 0.1) is 0 Å². The summed E-state index contributed by atoms with van der Waals surface area (Å²) in [5, 5.41) is 3.95. The first-order valence-electron chi connectivity index (χ1n) is 7.07. The summed E-state index contributed by atoms with van der Waals surface area (Å²) < 4.78 is 0. The van der Waals surface area contributed by atoms with E-state index < -0.39 is 0 Å². The Hall–Kier alpha value is -2.09. The summed E-state index contributed by atoms with van der Waals surface area (Å²) in [6.45, 7) is 4.75. The van der Waals surface area contributed by atoms with Crippen LogP contribution in [0.25, 0.3) is 0 Å². The fourth-order valence-electron chi connectivity index (χ4n) is 2.07. The van der Waals surface area contributed by atoms with Gasteiger partial charge in [-0.05, 0) is 29.5 Å². The number of aryl methyl sites for hydroxylation is 2. The lowest BCUT2D eigenvalue weighted by molar-refractivity contribution is 0.132. The van der Waals surface area contributed by atoms with E-state index >= 15 is 0 Å². The molecular weight excluding hydrogens is 246 g/mol. The van der Waals surface area contributed by atoms with Crippen LogP contribution in [0.4, 0.5) is 0 Å². The quantitative estimate of drug-likeness (QED) is 0.566. The van der Waals surface area contributed by atoms with Gasteiger partial charge in [-0.2, -0.15) is 0 Å². The normalized spacial score (nSPS) is 10.9. The van der Waals surface area contributed by atoms with Crippen LogP contribution >= 0.6 is 0 Å². The molecule has 0 amide bonds. The van der Waals surface area contributed by atoms with Crippen LogP contribution in [0.15, 0.2) is 53.7 Å². The minimum absolute atomic E-state index is 0.481. The highest BCUT2D eigenvalue weighted by atomic mass is 16.6. The Balaban J connectivity index is 1.93. The molecule has 0 unspecified atom stereocenters. The number of hydrogen-bond acceptors (Lipinski definition) is 2. The molecule has 0 aliphatic heterocycles. The lowest BCUT2D eigenvalue weighted by atomic mass is 10.1. The van der Waals surface area contributed by atoms with Crippen LogP contribution in [-0.2, 0) is 24.3 Å². The molecule has 2 nitrogen and oxygen atoms in total. The van der Waals surface area contributed by atoms with Crippen LogP contribution in [0.3, 0.4) is 0 Å². The van der Waals surface area contributed by atoms with Crippen molar-refractivity contribution in [1.29, 1.82) is 0 Å². The first kappa shape index (κ1) is 14.3. The average Bonchev–Trinajstić information content (AvgIpc) is 2.52. The molecule has 1 radical (unpaired) electrons. The van der Waals surface area contributed by atoms with Crippen molar-refractivity contribution in [3.8, 4) is 0 Å². The van der Waals surface area contributed by atoms with Gasteiger partial charge in [-0.15, -0.1) is 0 Å². The maximum Gasteiger partial charge on any atom is 0.142 e. The van der Waals surface area contributed by atoms with E-state index in [4.69, 9.17) is 4.84 Å². The second-order valence-electron chi connectivity index (χ2n) is 4.66. The van der Waals surface area contributed by atoms with Gasteiger partial charge in [0, 0.05) is 5.56 Å². The van der Waals surface area contributed by atoms with Crippen LogP contribution < -0.4 is 0 Å². The predicted octanol–water partition coefficient (Wildman–Crippen LogP) is 4.24. The van der Waals surface area contributed by atoms with Gasteiger partial charge in [-0.1, -0.05) is 67.5 Å². The number of rotatable bonds is 6. The zero-order chi connectivity index (χ0) is 14.2. The highest BCUT2D eigenvalue weighted by molar-refractivity contribution is 5.81. The molecule has 2 rings (SSSR count). The Morgan fingerprint density at radius 3 is 2.55 bits per heavy atom. The molecule has 0 aromatic heterocycles. The Labute approximate surface area is 121 Å². The lowest BCUT2D eigenvalue weighted by Gasteiger charge is -2.03. The second-order valence-corrected chi connectivity index (χ2v) is 4.66. The Morgan fingerprint density at radius 2 is 1.75 bits per heavy atom. The first-order chi connectivity index (χ1) is 9.83. The summed E-state index contributed by atoms with van der Waals surface area (Å²) >= 11 is 0.